The van der Waals surface area contributed by atoms with Crippen LogP contribution in [0.1, 0.15) is 33.9 Å². The lowest BCUT2D eigenvalue weighted by atomic mass is 10.0. The molecule has 2 heterocycles. The number of pyridine rings is 1. The van der Waals surface area contributed by atoms with Gasteiger partial charge in [0.25, 0.3) is 5.91 Å². The van der Waals surface area contributed by atoms with Crippen LogP contribution in [0.3, 0.4) is 0 Å². The zero-order valence-corrected chi connectivity index (χ0v) is 20.3. The Hall–Kier alpha value is -3.29. The molecule has 1 atom stereocenters. The molecular weight excluding hydrogens is 443 g/mol. The molecule has 1 fully saturated rings. The number of rotatable bonds is 7. The largest absolute Gasteiger partial charge is 0.493 e. The van der Waals surface area contributed by atoms with Gasteiger partial charge in [-0.25, -0.2) is 4.39 Å². The summed E-state index contributed by atoms with van der Waals surface area (Å²) in [6, 6.07) is 16.9. The molecule has 5 rings (SSSR count). The first-order chi connectivity index (χ1) is 17.0. The molecule has 1 saturated heterocycles. The minimum atomic E-state index is -0.431. The van der Waals surface area contributed by atoms with Crippen LogP contribution < -0.4 is 4.74 Å². The monoisotopic (exact) mass is 474 g/mol. The first kappa shape index (κ1) is 23.5. The number of piperazine rings is 1. The van der Waals surface area contributed by atoms with E-state index in [1.54, 1.807) is 6.07 Å². The van der Waals surface area contributed by atoms with E-state index in [0.717, 1.165) is 31.7 Å². The van der Waals surface area contributed by atoms with Crippen LogP contribution in [0.25, 0.3) is 11.3 Å². The minimum Gasteiger partial charge on any atom is -0.493 e. The Bertz CT molecular complexity index is 1160. The van der Waals surface area contributed by atoms with Crippen molar-refractivity contribution in [3.63, 3.8) is 0 Å². The molecule has 3 aromatic rings. The summed E-state index contributed by atoms with van der Waals surface area (Å²) in [7, 11) is 4.01. The van der Waals surface area contributed by atoms with Gasteiger partial charge >= 0.3 is 0 Å². The highest BCUT2D eigenvalue weighted by Gasteiger charge is 2.36. The van der Waals surface area contributed by atoms with E-state index in [2.05, 4.69) is 45.1 Å². The molecule has 1 amide bonds. The fourth-order valence-electron chi connectivity index (χ4n) is 5.09. The standard InChI is InChI=1S/C28H31FN4O2/c1-31(2)13-6-18-35-25-11-10-20(29)19-24(25)28(34)33-16-14-32(15-17-33)27-22-8-4-3-7-21(22)26-23(27)9-5-12-30-26/h3-5,7-12,19,27H,6,13-18H2,1-2H3. The number of hydrogen-bond donors (Lipinski definition) is 0. The maximum atomic E-state index is 14.1. The number of nitrogens with zero attached hydrogens (tertiary/aromatic N) is 4. The minimum absolute atomic E-state index is 0.136. The van der Waals surface area contributed by atoms with E-state index >= 15 is 0 Å². The van der Waals surface area contributed by atoms with E-state index in [9.17, 15) is 9.18 Å². The lowest BCUT2D eigenvalue weighted by Gasteiger charge is -2.38. The molecule has 182 valence electrons. The van der Waals surface area contributed by atoms with Crippen molar-refractivity contribution in [2.24, 2.45) is 0 Å². The van der Waals surface area contributed by atoms with Crippen molar-refractivity contribution < 1.29 is 13.9 Å². The Morgan fingerprint density at radius 1 is 1.06 bits per heavy atom. The Balaban J connectivity index is 1.28. The van der Waals surface area contributed by atoms with Gasteiger partial charge < -0.3 is 14.5 Å². The van der Waals surface area contributed by atoms with Gasteiger partial charge in [-0.2, -0.15) is 0 Å². The van der Waals surface area contributed by atoms with Gasteiger partial charge in [-0.05, 0) is 50.3 Å². The van der Waals surface area contributed by atoms with Crippen LogP contribution >= 0.6 is 0 Å². The summed E-state index contributed by atoms with van der Waals surface area (Å²) < 4.78 is 19.9. The van der Waals surface area contributed by atoms with Crippen LogP contribution in [0.2, 0.25) is 0 Å². The number of carbonyl (C=O) groups is 1. The zero-order chi connectivity index (χ0) is 24.4. The fraction of sp³-hybridized carbons (Fsp3) is 0.357. The number of amides is 1. The summed E-state index contributed by atoms with van der Waals surface area (Å²) in [5.41, 5.74) is 5.00. The van der Waals surface area contributed by atoms with Crippen molar-refractivity contribution in [1.29, 1.82) is 0 Å². The molecular formula is C28H31FN4O2. The topological polar surface area (TPSA) is 48.9 Å². The number of hydrogen-bond acceptors (Lipinski definition) is 5. The summed E-state index contributed by atoms with van der Waals surface area (Å²) in [6.45, 7) is 3.97. The van der Waals surface area contributed by atoms with Crippen molar-refractivity contribution in [3.05, 3.63) is 83.3 Å². The molecule has 0 saturated carbocycles. The quantitative estimate of drug-likeness (QED) is 0.483. The SMILES string of the molecule is CN(C)CCCOc1ccc(F)cc1C(=O)N1CCN(C2c3ccccc3-c3ncccc32)CC1. The van der Waals surface area contributed by atoms with Crippen molar-refractivity contribution in [3.8, 4) is 17.0 Å². The third-order valence-corrected chi connectivity index (χ3v) is 6.79. The molecule has 2 aliphatic rings. The maximum absolute atomic E-state index is 14.1. The average Bonchev–Trinajstić information content (AvgIpc) is 3.21. The Labute approximate surface area is 205 Å². The van der Waals surface area contributed by atoms with Gasteiger partial charge in [0.05, 0.1) is 23.9 Å². The Kier molecular flexibility index (Phi) is 6.79. The number of halogens is 1. The highest BCUT2D eigenvalue weighted by Crippen LogP contribution is 2.45. The molecule has 0 spiro atoms. The zero-order valence-electron chi connectivity index (χ0n) is 20.3. The van der Waals surface area contributed by atoms with Gasteiger partial charge in [0, 0.05) is 50.0 Å². The normalized spacial score (nSPS) is 17.4. The first-order valence-corrected chi connectivity index (χ1v) is 12.2. The Morgan fingerprint density at radius 2 is 1.83 bits per heavy atom. The van der Waals surface area contributed by atoms with E-state index in [1.807, 2.05) is 31.3 Å². The van der Waals surface area contributed by atoms with Gasteiger partial charge in [-0.3, -0.25) is 14.7 Å². The fourth-order valence-corrected chi connectivity index (χ4v) is 5.09. The molecule has 1 aliphatic heterocycles. The van der Waals surface area contributed by atoms with Crippen LogP contribution in [0.4, 0.5) is 4.39 Å². The van der Waals surface area contributed by atoms with Crippen LogP contribution in [-0.2, 0) is 0 Å². The average molecular weight is 475 g/mol. The lowest BCUT2D eigenvalue weighted by Crippen LogP contribution is -2.49. The number of aromatic nitrogens is 1. The lowest BCUT2D eigenvalue weighted by molar-refractivity contribution is 0.0595. The predicted molar refractivity (Wildman–Crippen MR) is 134 cm³/mol. The van der Waals surface area contributed by atoms with E-state index in [1.165, 1.54) is 28.8 Å². The molecule has 1 aromatic heterocycles. The van der Waals surface area contributed by atoms with Crippen molar-refractivity contribution >= 4 is 5.91 Å². The second-order valence-corrected chi connectivity index (χ2v) is 9.40. The summed E-state index contributed by atoms with van der Waals surface area (Å²) in [6.07, 6.45) is 2.67. The van der Waals surface area contributed by atoms with Crippen LogP contribution in [0.15, 0.2) is 60.8 Å². The van der Waals surface area contributed by atoms with Crippen molar-refractivity contribution in [2.45, 2.75) is 12.5 Å². The van der Waals surface area contributed by atoms with Crippen LogP contribution in [0.5, 0.6) is 5.75 Å². The highest BCUT2D eigenvalue weighted by atomic mass is 19.1. The van der Waals surface area contributed by atoms with E-state index in [0.29, 0.717) is 31.0 Å². The summed E-state index contributed by atoms with van der Waals surface area (Å²) in [4.78, 5) is 24.3. The number of fused-ring (bicyclic) bond motifs is 3. The third kappa shape index (κ3) is 4.79. The molecule has 6 nitrogen and oxygen atoms in total. The second kappa shape index (κ2) is 10.1. The van der Waals surface area contributed by atoms with Gasteiger partial charge in [-0.15, -0.1) is 0 Å². The summed E-state index contributed by atoms with van der Waals surface area (Å²) in [5, 5.41) is 0. The van der Waals surface area contributed by atoms with E-state index in [4.69, 9.17) is 4.74 Å². The number of benzene rings is 2. The van der Waals surface area contributed by atoms with Crippen molar-refractivity contribution in [1.82, 2.24) is 19.7 Å². The third-order valence-electron chi connectivity index (χ3n) is 6.79. The molecule has 1 aliphatic carbocycles. The molecule has 0 bridgehead atoms. The summed E-state index contributed by atoms with van der Waals surface area (Å²) >= 11 is 0. The highest BCUT2D eigenvalue weighted by molar-refractivity contribution is 5.97. The molecule has 0 radical (unpaired) electrons. The molecule has 0 N–H and O–H groups in total. The predicted octanol–water partition coefficient (Wildman–Crippen LogP) is 4.08. The number of ether oxygens (including phenoxy) is 1. The van der Waals surface area contributed by atoms with E-state index in [-0.39, 0.29) is 11.9 Å². The van der Waals surface area contributed by atoms with Crippen LogP contribution in [0, 0.1) is 5.82 Å². The summed E-state index contributed by atoms with van der Waals surface area (Å²) in [5.74, 6) is -0.165. The second-order valence-electron chi connectivity index (χ2n) is 9.40. The van der Waals surface area contributed by atoms with Crippen molar-refractivity contribution in [2.75, 3.05) is 53.4 Å². The maximum Gasteiger partial charge on any atom is 0.257 e. The van der Waals surface area contributed by atoms with E-state index < -0.39 is 5.82 Å². The van der Waals surface area contributed by atoms with Crippen LogP contribution in [-0.4, -0.2) is 79.0 Å². The number of carbonyl (C=O) groups excluding carboxylic acids is 1. The molecule has 35 heavy (non-hydrogen) atoms. The van der Waals surface area contributed by atoms with Gasteiger partial charge in [0.15, 0.2) is 0 Å². The van der Waals surface area contributed by atoms with Gasteiger partial charge in [-0.1, -0.05) is 30.3 Å². The van der Waals surface area contributed by atoms with Gasteiger partial charge in [0.1, 0.15) is 11.6 Å². The first-order valence-electron chi connectivity index (χ1n) is 12.2. The molecule has 7 heteroatoms. The molecule has 2 aromatic carbocycles. The van der Waals surface area contributed by atoms with Gasteiger partial charge in [0.2, 0.25) is 0 Å². The molecule has 1 unspecified atom stereocenters. The Morgan fingerprint density at radius 3 is 2.63 bits per heavy atom. The smallest absolute Gasteiger partial charge is 0.257 e.